The maximum atomic E-state index is 11.3. The lowest BCUT2D eigenvalue weighted by Gasteiger charge is -2.02. The molecule has 0 atom stereocenters. The normalized spacial score (nSPS) is 10.0. The highest BCUT2D eigenvalue weighted by molar-refractivity contribution is 7.99. The number of carboxylic acids is 1. The Morgan fingerprint density at radius 1 is 1.50 bits per heavy atom. The smallest absolute Gasteiger partial charge is 0.304 e. The Morgan fingerprint density at radius 2 is 2.31 bits per heavy atom. The van der Waals surface area contributed by atoms with Gasteiger partial charge in [-0.3, -0.25) is 9.59 Å². The third kappa shape index (κ3) is 5.45. The molecule has 1 heterocycles. The van der Waals surface area contributed by atoms with Gasteiger partial charge in [-0.1, -0.05) is 0 Å². The molecule has 1 aromatic heterocycles. The van der Waals surface area contributed by atoms with Crippen LogP contribution in [-0.4, -0.2) is 28.5 Å². The molecule has 0 aromatic carbocycles. The molecule has 2 N–H and O–H groups in total. The summed E-state index contributed by atoms with van der Waals surface area (Å²) < 4.78 is 5.04. The van der Waals surface area contributed by atoms with Crippen LogP contribution in [0.25, 0.3) is 0 Å². The fourth-order valence-electron chi connectivity index (χ4n) is 0.974. The summed E-state index contributed by atoms with van der Waals surface area (Å²) in [4.78, 5) is 21.5. The molecule has 16 heavy (non-hydrogen) atoms. The molecule has 0 saturated carbocycles. The van der Waals surface area contributed by atoms with Crippen LogP contribution in [0.1, 0.15) is 12.2 Å². The van der Waals surface area contributed by atoms with Crippen molar-refractivity contribution in [2.45, 2.75) is 13.0 Å². The number of thioether (sulfide) groups is 1. The molecule has 0 radical (unpaired) electrons. The summed E-state index contributed by atoms with van der Waals surface area (Å²) in [5, 5.41) is 11.1. The van der Waals surface area contributed by atoms with E-state index >= 15 is 0 Å². The first kappa shape index (κ1) is 12.6. The highest BCUT2D eigenvalue weighted by Crippen LogP contribution is 2.03. The Balaban J connectivity index is 2.05. The van der Waals surface area contributed by atoms with Crippen molar-refractivity contribution in [3.8, 4) is 0 Å². The van der Waals surface area contributed by atoms with Gasteiger partial charge in [-0.05, 0) is 12.1 Å². The first-order valence-corrected chi connectivity index (χ1v) is 5.92. The predicted molar refractivity (Wildman–Crippen MR) is 60.1 cm³/mol. The number of carbonyl (C=O) groups excluding carboxylic acids is 1. The average molecular weight is 243 g/mol. The standard InChI is InChI=1S/C10H13NO4S/c12-9(7-16-5-3-10(13)14)11-6-8-2-1-4-15-8/h1-2,4H,3,5-7H2,(H,11,12)(H,13,14). The van der Waals surface area contributed by atoms with Gasteiger partial charge >= 0.3 is 5.97 Å². The Morgan fingerprint density at radius 3 is 2.94 bits per heavy atom. The second-order valence-corrected chi connectivity index (χ2v) is 4.16. The van der Waals surface area contributed by atoms with Gasteiger partial charge in [-0.15, -0.1) is 0 Å². The first-order valence-electron chi connectivity index (χ1n) is 4.77. The fourth-order valence-corrected chi connectivity index (χ4v) is 1.72. The van der Waals surface area contributed by atoms with E-state index in [0.717, 1.165) is 0 Å². The van der Waals surface area contributed by atoms with Crippen LogP contribution >= 0.6 is 11.8 Å². The summed E-state index contributed by atoms with van der Waals surface area (Å²) in [7, 11) is 0. The van der Waals surface area contributed by atoms with Crippen molar-refractivity contribution in [1.82, 2.24) is 5.32 Å². The van der Waals surface area contributed by atoms with E-state index in [1.165, 1.54) is 11.8 Å². The number of nitrogens with one attached hydrogen (secondary N) is 1. The maximum absolute atomic E-state index is 11.3. The van der Waals surface area contributed by atoms with Crippen molar-refractivity contribution in [2.24, 2.45) is 0 Å². The van der Waals surface area contributed by atoms with Crippen LogP contribution in [0.5, 0.6) is 0 Å². The van der Waals surface area contributed by atoms with Gasteiger partial charge in [0.05, 0.1) is 25.0 Å². The van der Waals surface area contributed by atoms with Crippen molar-refractivity contribution in [3.63, 3.8) is 0 Å². The van der Waals surface area contributed by atoms with E-state index in [-0.39, 0.29) is 18.1 Å². The number of amides is 1. The predicted octanol–water partition coefficient (Wildman–Crippen LogP) is 1.10. The van der Waals surface area contributed by atoms with Crippen LogP contribution in [0.2, 0.25) is 0 Å². The van der Waals surface area contributed by atoms with Gasteiger partial charge in [0, 0.05) is 5.75 Å². The number of hydrogen-bond acceptors (Lipinski definition) is 4. The average Bonchev–Trinajstić information content (AvgIpc) is 2.74. The summed E-state index contributed by atoms with van der Waals surface area (Å²) in [5.41, 5.74) is 0. The van der Waals surface area contributed by atoms with Gasteiger partial charge in [0.15, 0.2) is 0 Å². The minimum atomic E-state index is -0.844. The second-order valence-electron chi connectivity index (χ2n) is 3.05. The van der Waals surface area contributed by atoms with Gasteiger partial charge in [0.25, 0.3) is 0 Å². The van der Waals surface area contributed by atoms with Gasteiger partial charge in [0.2, 0.25) is 5.91 Å². The molecule has 0 aliphatic carbocycles. The van der Waals surface area contributed by atoms with E-state index < -0.39 is 5.97 Å². The minimum absolute atomic E-state index is 0.0795. The van der Waals surface area contributed by atoms with Crippen LogP contribution in [-0.2, 0) is 16.1 Å². The van der Waals surface area contributed by atoms with Gasteiger partial charge in [-0.2, -0.15) is 11.8 Å². The molecule has 0 aliphatic heterocycles. The van der Waals surface area contributed by atoms with E-state index in [4.69, 9.17) is 9.52 Å². The van der Waals surface area contributed by atoms with E-state index in [1.54, 1.807) is 18.4 Å². The molecule has 0 unspecified atom stereocenters. The summed E-state index contributed by atoms with van der Waals surface area (Å²) >= 11 is 1.30. The summed E-state index contributed by atoms with van der Waals surface area (Å²) in [6.45, 7) is 0.366. The molecule has 1 rings (SSSR count). The molecule has 0 fully saturated rings. The van der Waals surface area contributed by atoms with Crippen LogP contribution in [0, 0.1) is 0 Å². The number of rotatable bonds is 7. The summed E-state index contributed by atoms with van der Waals surface area (Å²) in [6, 6.07) is 3.53. The van der Waals surface area contributed by atoms with Crippen LogP contribution in [0.4, 0.5) is 0 Å². The molecule has 88 valence electrons. The highest BCUT2D eigenvalue weighted by Gasteiger charge is 2.03. The minimum Gasteiger partial charge on any atom is -0.481 e. The van der Waals surface area contributed by atoms with Crippen molar-refractivity contribution in [1.29, 1.82) is 0 Å². The summed E-state index contributed by atoms with van der Waals surface area (Å²) in [5.74, 6) is 0.455. The topological polar surface area (TPSA) is 79.5 Å². The van der Waals surface area contributed by atoms with Crippen molar-refractivity contribution >= 4 is 23.6 Å². The zero-order chi connectivity index (χ0) is 11.8. The molecule has 6 heteroatoms. The molecule has 1 aromatic rings. The van der Waals surface area contributed by atoms with Gasteiger partial charge < -0.3 is 14.8 Å². The third-order valence-electron chi connectivity index (χ3n) is 1.73. The SMILES string of the molecule is O=C(O)CCSCC(=O)NCc1ccco1. The van der Waals surface area contributed by atoms with Gasteiger partial charge in [-0.25, -0.2) is 0 Å². The van der Waals surface area contributed by atoms with Crippen LogP contribution in [0.15, 0.2) is 22.8 Å². The number of hydrogen-bond donors (Lipinski definition) is 2. The van der Waals surface area contributed by atoms with E-state index in [9.17, 15) is 9.59 Å². The van der Waals surface area contributed by atoms with E-state index in [0.29, 0.717) is 18.1 Å². The molecule has 0 spiro atoms. The largest absolute Gasteiger partial charge is 0.481 e. The number of furan rings is 1. The van der Waals surface area contributed by atoms with E-state index in [1.807, 2.05) is 0 Å². The molecule has 0 bridgehead atoms. The quantitative estimate of drug-likeness (QED) is 0.701. The molecular formula is C10H13NO4S. The lowest BCUT2D eigenvalue weighted by Crippen LogP contribution is -2.24. The van der Waals surface area contributed by atoms with Crippen molar-refractivity contribution in [2.75, 3.05) is 11.5 Å². The maximum Gasteiger partial charge on any atom is 0.304 e. The van der Waals surface area contributed by atoms with Crippen molar-refractivity contribution < 1.29 is 19.1 Å². The molecule has 5 nitrogen and oxygen atoms in total. The monoisotopic (exact) mass is 243 g/mol. The van der Waals surface area contributed by atoms with Gasteiger partial charge in [0.1, 0.15) is 5.76 Å². The Labute approximate surface area is 97.2 Å². The number of carbonyl (C=O) groups is 2. The molecular weight excluding hydrogens is 230 g/mol. The van der Waals surface area contributed by atoms with E-state index in [2.05, 4.69) is 5.32 Å². The number of aliphatic carboxylic acids is 1. The van der Waals surface area contributed by atoms with Crippen LogP contribution in [0.3, 0.4) is 0 Å². The number of carboxylic acid groups (broad SMARTS) is 1. The van der Waals surface area contributed by atoms with Crippen molar-refractivity contribution in [3.05, 3.63) is 24.2 Å². The second kappa shape index (κ2) is 6.95. The Kier molecular flexibility index (Phi) is 5.49. The molecule has 0 aliphatic rings. The lowest BCUT2D eigenvalue weighted by molar-refractivity contribution is -0.136. The highest BCUT2D eigenvalue weighted by atomic mass is 32.2. The third-order valence-corrected chi connectivity index (χ3v) is 2.69. The Bertz CT molecular complexity index is 337. The zero-order valence-corrected chi connectivity index (χ0v) is 9.46. The fraction of sp³-hybridized carbons (Fsp3) is 0.400. The lowest BCUT2D eigenvalue weighted by atomic mass is 10.4. The summed E-state index contributed by atoms with van der Waals surface area (Å²) in [6.07, 6.45) is 1.62. The Hall–Kier alpha value is -1.43. The zero-order valence-electron chi connectivity index (χ0n) is 8.64. The molecule has 0 saturated heterocycles. The molecule has 1 amide bonds. The first-order chi connectivity index (χ1) is 7.68. The van der Waals surface area contributed by atoms with Crippen LogP contribution < -0.4 is 5.32 Å².